The quantitative estimate of drug-likeness (QED) is 0.641. The Kier molecular flexibility index (Phi) is 6.78. The molecule has 3 aromatic rings. The van der Waals surface area contributed by atoms with Gasteiger partial charge in [-0.2, -0.15) is 13.2 Å². The average molecular weight is 452 g/mol. The van der Waals surface area contributed by atoms with E-state index in [4.69, 9.17) is 0 Å². The largest absolute Gasteiger partial charge is 0.431 e. The normalized spacial score (nSPS) is 18.4. The highest BCUT2D eigenvalue weighted by atomic mass is 32.1. The molecule has 1 aliphatic rings. The Morgan fingerprint density at radius 2 is 1.90 bits per heavy atom. The molecule has 1 N–H and O–H groups in total. The number of alkyl halides is 3. The molecule has 0 aromatic carbocycles. The molecule has 2 atom stereocenters. The van der Waals surface area contributed by atoms with Gasteiger partial charge < -0.3 is 9.88 Å². The number of aromatic amines is 1. The predicted octanol–water partition coefficient (Wildman–Crippen LogP) is 3.12. The summed E-state index contributed by atoms with van der Waals surface area (Å²) in [6.07, 6.45) is -1.35. The molecule has 1 aliphatic heterocycles. The molecular formula is C19H19F3N6O2S. The summed E-state index contributed by atoms with van der Waals surface area (Å²) < 4.78 is 35.4. The maximum absolute atomic E-state index is 12.5. The maximum atomic E-state index is 12.5. The number of carbonyl (C=O) groups excluding carboxylic acids is 1. The minimum absolute atomic E-state index is 0.0555. The lowest BCUT2D eigenvalue weighted by atomic mass is 10.0. The van der Waals surface area contributed by atoms with E-state index in [1.165, 1.54) is 17.5 Å². The molecule has 12 heteroatoms. The molecule has 1 amide bonds. The second-order valence-corrected chi connectivity index (χ2v) is 7.96. The Labute approximate surface area is 179 Å². The Hall–Kier alpha value is -3.15. The first kappa shape index (κ1) is 22.5. The number of halogens is 3. The molecule has 1 saturated heterocycles. The molecule has 0 radical (unpaired) electrons. The van der Waals surface area contributed by atoms with Gasteiger partial charge in [0.25, 0.3) is 5.91 Å². The molecule has 4 rings (SSSR count). The summed E-state index contributed by atoms with van der Waals surface area (Å²) in [5, 5.41) is 8.40. The van der Waals surface area contributed by atoms with E-state index in [-0.39, 0.29) is 5.91 Å². The number of amides is 1. The monoisotopic (exact) mass is 452 g/mol. The van der Waals surface area contributed by atoms with Crippen LogP contribution >= 0.6 is 11.3 Å². The van der Waals surface area contributed by atoms with E-state index >= 15 is 0 Å². The third kappa shape index (κ3) is 5.72. The van der Waals surface area contributed by atoms with Crippen LogP contribution in [0, 0.1) is 11.8 Å². The zero-order chi connectivity index (χ0) is 22.6. The third-order valence-corrected chi connectivity index (χ3v) is 5.50. The van der Waals surface area contributed by atoms with Crippen molar-refractivity contribution in [3.05, 3.63) is 57.8 Å². The number of aromatic nitrogens is 5. The van der Waals surface area contributed by atoms with Gasteiger partial charge in [0.05, 0.1) is 12.4 Å². The molecule has 0 spiro atoms. The maximum Gasteiger partial charge on any atom is 0.431 e. The van der Waals surface area contributed by atoms with Crippen molar-refractivity contribution in [2.75, 3.05) is 13.1 Å². The van der Waals surface area contributed by atoms with Gasteiger partial charge in [-0.3, -0.25) is 14.6 Å². The fourth-order valence-electron chi connectivity index (χ4n) is 2.93. The summed E-state index contributed by atoms with van der Waals surface area (Å²) in [7, 11) is 0. The average Bonchev–Trinajstić information content (AvgIpc) is 3.38. The third-order valence-electron chi connectivity index (χ3n) is 4.78. The van der Waals surface area contributed by atoms with Crippen LogP contribution in [0.25, 0.3) is 10.7 Å². The minimum Gasteiger partial charge on any atom is -0.337 e. The van der Waals surface area contributed by atoms with Crippen molar-refractivity contribution in [2.24, 2.45) is 11.8 Å². The lowest BCUT2D eigenvalue weighted by Gasteiger charge is -2.15. The fraction of sp³-hybridized carbons (Fsp3) is 0.368. The number of H-pyrrole nitrogens is 1. The van der Waals surface area contributed by atoms with Crippen LogP contribution in [0.1, 0.15) is 30.0 Å². The number of hydrogen-bond acceptors (Lipinski definition) is 7. The Balaban J connectivity index is 0.000000210. The number of pyridine rings is 1. The number of nitrogens with one attached hydrogen (secondary N) is 1. The van der Waals surface area contributed by atoms with Gasteiger partial charge in [0.2, 0.25) is 5.56 Å². The van der Waals surface area contributed by atoms with E-state index in [1.807, 2.05) is 4.90 Å². The summed E-state index contributed by atoms with van der Waals surface area (Å²) in [5.41, 5.74) is 0.831. The zero-order valence-corrected chi connectivity index (χ0v) is 17.4. The summed E-state index contributed by atoms with van der Waals surface area (Å²) in [4.78, 5) is 34.8. The second kappa shape index (κ2) is 9.33. The van der Waals surface area contributed by atoms with Crippen molar-refractivity contribution in [3.63, 3.8) is 0 Å². The van der Waals surface area contributed by atoms with Crippen LogP contribution in [0.15, 0.2) is 40.9 Å². The molecule has 164 valence electrons. The molecule has 3 aromatic heterocycles. The standard InChI is InChI=1S/C13H15N5OS.C6H4F3NO/c1-8-5-18(6-9(8)2)13(19)11-4-14-3-10(16-11)12-17-15-7-20-12;7-6(8,9)4-2-1-3-5(11)10-4/h3-4,7-9H,5-6H2,1-2H3;1-3H,(H,10,11)/t8-,9?;/m1./s1. The van der Waals surface area contributed by atoms with Crippen LogP contribution in [0.2, 0.25) is 0 Å². The molecule has 0 bridgehead atoms. The van der Waals surface area contributed by atoms with Gasteiger partial charge in [-0.15, -0.1) is 10.2 Å². The molecular weight excluding hydrogens is 433 g/mol. The van der Waals surface area contributed by atoms with E-state index in [0.29, 0.717) is 28.2 Å². The fourth-order valence-corrected chi connectivity index (χ4v) is 3.43. The molecule has 1 unspecified atom stereocenters. The first-order chi connectivity index (χ1) is 14.6. The SMILES string of the molecule is CC1CN(C(=O)c2cncc(-c3nncs3)n2)C[C@H]1C.O=c1cccc(C(F)(F)F)[nH]1. The van der Waals surface area contributed by atoms with Crippen molar-refractivity contribution >= 4 is 17.2 Å². The Bertz CT molecular complexity index is 1080. The first-order valence-corrected chi connectivity index (χ1v) is 10.2. The molecule has 1 fully saturated rings. The lowest BCUT2D eigenvalue weighted by Crippen LogP contribution is -2.29. The van der Waals surface area contributed by atoms with E-state index in [9.17, 15) is 22.8 Å². The van der Waals surface area contributed by atoms with Gasteiger partial charge in [0.1, 0.15) is 22.6 Å². The van der Waals surface area contributed by atoms with Gasteiger partial charge in [-0.1, -0.05) is 31.3 Å². The van der Waals surface area contributed by atoms with E-state index in [0.717, 1.165) is 31.3 Å². The zero-order valence-electron chi connectivity index (χ0n) is 16.6. The molecule has 4 heterocycles. The van der Waals surface area contributed by atoms with Gasteiger partial charge in [0, 0.05) is 19.2 Å². The van der Waals surface area contributed by atoms with Crippen molar-refractivity contribution in [1.29, 1.82) is 0 Å². The van der Waals surface area contributed by atoms with Gasteiger partial charge in [0.15, 0.2) is 5.01 Å². The topological polar surface area (TPSA) is 105 Å². The van der Waals surface area contributed by atoms with E-state index in [2.05, 4.69) is 34.0 Å². The highest BCUT2D eigenvalue weighted by Gasteiger charge is 2.31. The van der Waals surface area contributed by atoms with Crippen LogP contribution in [-0.4, -0.2) is 49.0 Å². The second-order valence-electron chi connectivity index (χ2n) is 7.12. The summed E-state index contributed by atoms with van der Waals surface area (Å²) >= 11 is 1.38. The highest BCUT2D eigenvalue weighted by Crippen LogP contribution is 2.26. The molecule has 0 aliphatic carbocycles. The van der Waals surface area contributed by atoms with Crippen LogP contribution in [0.3, 0.4) is 0 Å². The van der Waals surface area contributed by atoms with Crippen molar-refractivity contribution < 1.29 is 18.0 Å². The summed E-state index contributed by atoms with van der Waals surface area (Å²) in [6, 6.07) is 2.89. The number of nitrogens with zero attached hydrogens (tertiary/aromatic N) is 5. The lowest BCUT2D eigenvalue weighted by molar-refractivity contribution is -0.141. The number of rotatable bonds is 2. The van der Waals surface area contributed by atoms with Gasteiger partial charge >= 0.3 is 6.18 Å². The highest BCUT2D eigenvalue weighted by molar-refractivity contribution is 7.12. The van der Waals surface area contributed by atoms with E-state index in [1.54, 1.807) is 16.7 Å². The van der Waals surface area contributed by atoms with Crippen LogP contribution in [0.4, 0.5) is 13.2 Å². The summed E-state index contributed by atoms with van der Waals surface area (Å²) in [5.74, 6) is 0.997. The van der Waals surface area contributed by atoms with Crippen LogP contribution in [0.5, 0.6) is 0 Å². The molecule has 0 saturated carbocycles. The smallest absolute Gasteiger partial charge is 0.337 e. The number of hydrogen-bond donors (Lipinski definition) is 1. The van der Waals surface area contributed by atoms with E-state index < -0.39 is 17.4 Å². The molecule has 8 nitrogen and oxygen atoms in total. The Morgan fingerprint density at radius 3 is 2.45 bits per heavy atom. The summed E-state index contributed by atoms with van der Waals surface area (Å²) in [6.45, 7) is 5.90. The van der Waals surface area contributed by atoms with Crippen molar-refractivity contribution in [1.82, 2.24) is 30.0 Å². The van der Waals surface area contributed by atoms with Gasteiger partial charge in [-0.05, 0) is 17.9 Å². The number of carbonyl (C=O) groups is 1. The van der Waals surface area contributed by atoms with Crippen LogP contribution in [-0.2, 0) is 6.18 Å². The number of likely N-dealkylation sites (tertiary alicyclic amines) is 1. The molecule has 31 heavy (non-hydrogen) atoms. The van der Waals surface area contributed by atoms with Crippen LogP contribution < -0.4 is 5.56 Å². The Morgan fingerprint density at radius 1 is 1.19 bits per heavy atom. The van der Waals surface area contributed by atoms with Crippen molar-refractivity contribution in [2.45, 2.75) is 20.0 Å². The predicted molar refractivity (Wildman–Crippen MR) is 107 cm³/mol. The first-order valence-electron chi connectivity index (χ1n) is 9.29. The van der Waals surface area contributed by atoms with Crippen molar-refractivity contribution in [3.8, 4) is 10.7 Å². The van der Waals surface area contributed by atoms with Gasteiger partial charge in [-0.25, -0.2) is 4.98 Å². The minimum atomic E-state index is -4.47.